The second kappa shape index (κ2) is 10.8. The highest BCUT2D eigenvalue weighted by Gasteiger charge is 2.42. The highest BCUT2D eigenvalue weighted by molar-refractivity contribution is 5.97. The second-order valence-electron chi connectivity index (χ2n) is 11.7. The van der Waals surface area contributed by atoms with Gasteiger partial charge >= 0.3 is 0 Å². The number of piperazine rings is 2. The number of hydrogen-bond acceptors (Lipinski definition) is 8. The molecule has 8 heteroatoms. The third kappa shape index (κ3) is 5.21. The van der Waals surface area contributed by atoms with Crippen molar-refractivity contribution in [1.82, 2.24) is 34.4 Å². The average molecular weight is 505 g/mol. The summed E-state index contributed by atoms with van der Waals surface area (Å²) in [6, 6.07) is 5.34. The van der Waals surface area contributed by atoms with Crippen molar-refractivity contribution in [2.24, 2.45) is 4.99 Å². The summed E-state index contributed by atoms with van der Waals surface area (Å²) >= 11 is 0. The molecule has 0 N–H and O–H groups in total. The fourth-order valence-corrected chi connectivity index (χ4v) is 6.76. The molecule has 6 rings (SSSR count). The zero-order valence-corrected chi connectivity index (χ0v) is 23.0. The molecule has 37 heavy (non-hydrogen) atoms. The molecule has 1 aromatic heterocycles. The molecule has 0 radical (unpaired) electrons. The molecule has 0 amide bonds. The van der Waals surface area contributed by atoms with Crippen LogP contribution in [0.3, 0.4) is 0 Å². The molecule has 3 atom stereocenters. The topological polar surface area (TPSA) is 44.7 Å². The van der Waals surface area contributed by atoms with E-state index in [0.717, 1.165) is 77.7 Å². The molecule has 0 bridgehead atoms. The summed E-state index contributed by atoms with van der Waals surface area (Å²) in [6.07, 6.45) is 12.3. The largest absolute Gasteiger partial charge is 0.355 e. The van der Waals surface area contributed by atoms with Gasteiger partial charge in [0.05, 0.1) is 23.8 Å². The summed E-state index contributed by atoms with van der Waals surface area (Å²) in [6.45, 7) is 11.0. The fraction of sp³-hybridized carbons (Fsp3) is 0.655. The predicted molar refractivity (Wildman–Crippen MR) is 150 cm³/mol. The van der Waals surface area contributed by atoms with Crippen molar-refractivity contribution in [2.75, 3.05) is 86.6 Å². The van der Waals surface area contributed by atoms with E-state index in [2.05, 4.69) is 80.9 Å². The van der Waals surface area contributed by atoms with Crippen molar-refractivity contribution >= 4 is 5.84 Å². The molecular formula is C29H44N8. The molecule has 4 aliphatic heterocycles. The first-order valence-electron chi connectivity index (χ1n) is 14.3. The van der Waals surface area contributed by atoms with Crippen LogP contribution < -0.4 is 0 Å². The summed E-state index contributed by atoms with van der Waals surface area (Å²) in [5.74, 6) is 2.50. The van der Waals surface area contributed by atoms with Gasteiger partial charge in [0.1, 0.15) is 11.7 Å². The number of fused-ring (bicyclic) bond motifs is 2. The average Bonchev–Trinajstić information content (AvgIpc) is 3.26. The number of aliphatic imine (C=N–C) groups is 1. The van der Waals surface area contributed by atoms with E-state index in [1.165, 1.54) is 29.9 Å². The lowest BCUT2D eigenvalue weighted by atomic mass is 9.90. The molecule has 0 spiro atoms. The van der Waals surface area contributed by atoms with E-state index in [1.54, 1.807) is 0 Å². The van der Waals surface area contributed by atoms with Crippen LogP contribution in [0.2, 0.25) is 0 Å². The normalized spacial score (nSPS) is 29.4. The minimum atomic E-state index is 0.243. The van der Waals surface area contributed by atoms with Gasteiger partial charge in [0.15, 0.2) is 0 Å². The second-order valence-corrected chi connectivity index (χ2v) is 11.7. The standard InChI is InChI=1S/C29H44N8/c1-32-13-17-35(18-14-32)22-26-24(21-34(3)25-9-4-7-23-8-6-12-30-29(23)25)31-27-10-5-11-28(37(26)27)36-19-15-33(2)16-20-36/h5-6,8,10-12,24-26H,4,7,9,13-22H2,1-3H3/t24?,25-,26?/m0/s1. The molecule has 5 aliphatic rings. The SMILES string of the molecule is CN1CCN(CC2C(CN(C)[C@H]3CCCc4cccnc43)N=C3C=CC=C(N4CCN(C)CC4)N32)CC1. The Morgan fingerprint density at radius 1 is 1.00 bits per heavy atom. The summed E-state index contributed by atoms with van der Waals surface area (Å²) < 4.78 is 0. The Labute approximate surface area is 222 Å². The lowest BCUT2D eigenvalue weighted by molar-refractivity contribution is 0.100. The van der Waals surface area contributed by atoms with Crippen LogP contribution in [0.4, 0.5) is 0 Å². The zero-order chi connectivity index (χ0) is 25.4. The van der Waals surface area contributed by atoms with Gasteiger partial charge in [-0.1, -0.05) is 12.1 Å². The molecule has 1 aliphatic carbocycles. The van der Waals surface area contributed by atoms with Crippen LogP contribution in [0.15, 0.2) is 47.4 Å². The molecule has 200 valence electrons. The summed E-state index contributed by atoms with van der Waals surface area (Å²) in [7, 11) is 6.77. The van der Waals surface area contributed by atoms with Gasteiger partial charge in [0.25, 0.3) is 0 Å². The van der Waals surface area contributed by atoms with Crippen LogP contribution in [0.5, 0.6) is 0 Å². The number of hydrogen-bond donors (Lipinski definition) is 0. The maximum absolute atomic E-state index is 5.40. The molecule has 5 heterocycles. The van der Waals surface area contributed by atoms with E-state index in [1.807, 2.05) is 6.20 Å². The molecule has 0 aromatic carbocycles. The van der Waals surface area contributed by atoms with Gasteiger partial charge in [0.2, 0.25) is 0 Å². The first kappa shape index (κ1) is 25.0. The van der Waals surface area contributed by atoms with Gasteiger partial charge in [-0.2, -0.15) is 0 Å². The highest BCUT2D eigenvalue weighted by atomic mass is 15.4. The van der Waals surface area contributed by atoms with Gasteiger partial charge in [-0.05, 0) is 64.2 Å². The van der Waals surface area contributed by atoms with Crippen LogP contribution in [0.1, 0.15) is 30.1 Å². The van der Waals surface area contributed by atoms with Crippen molar-refractivity contribution in [2.45, 2.75) is 37.4 Å². The Kier molecular flexibility index (Phi) is 7.34. The maximum Gasteiger partial charge on any atom is 0.129 e. The Hall–Kier alpha value is -2.26. The van der Waals surface area contributed by atoms with E-state index < -0.39 is 0 Å². The molecule has 2 unspecified atom stereocenters. The number of aromatic nitrogens is 1. The summed E-state index contributed by atoms with van der Waals surface area (Å²) in [4.78, 5) is 25.5. The molecule has 0 saturated carbocycles. The quantitative estimate of drug-likeness (QED) is 0.585. The molecule has 8 nitrogen and oxygen atoms in total. The number of allylic oxidation sites excluding steroid dienone is 2. The number of amidine groups is 1. The Bertz CT molecular complexity index is 1030. The van der Waals surface area contributed by atoms with Crippen molar-refractivity contribution < 1.29 is 0 Å². The van der Waals surface area contributed by atoms with E-state index >= 15 is 0 Å². The van der Waals surface area contributed by atoms with Crippen molar-refractivity contribution in [3.63, 3.8) is 0 Å². The van der Waals surface area contributed by atoms with Crippen molar-refractivity contribution in [1.29, 1.82) is 0 Å². The molecule has 1 aromatic rings. The van der Waals surface area contributed by atoms with Gasteiger partial charge in [0, 0.05) is 71.6 Å². The fourth-order valence-electron chi connectivity index (χ4n) is 6.76. The Morgan fingerprint density at radius 3 is 2.54 bits per heavy atom. The van der Waals surface area contributed by atoms with Crippen LogP contribution in [0, 0.1) is 0 Å². The lowest BCUT2D eigenvalue weighted by Crippen LogP contribution is -2.56. The van der Waals surface area contributed by atoms with Crippen molar-refractivity contribution in [3.8, 4) is 0 Å². The number of pyridine rings is 1. The van der Waals surface area contributed by atoms with Crippen LogP contribution in [-0.2, 0) is 6.42 Å². The lowest BCUT2D eigenvalue weighted by Gasteiger charge is -2.44. The monoisotopic (exact) mass is 504 g/mol. The van der Waals surface area contributed by atoms with E-state index in [0.29, 0.717) is 12.1 Å². The third-order valence-corrected chi connectivity index (χ3v) is 9.10. The maximum atomic E-state index is 5.40. The number of likely N-dealkylation sites (N-methyl/N-ethyl adjacent to an activating group) is 3. The smallest absolute Gasteiger partial charge is 0.129 e. The van der Waals surface area contributed by atoms with Gasteiger partial charge in [-0.15, -0.1) is 0 Å². The van der Waals surface area contributed by atoms with E-state index in [4.69, 9.17) is 9.98 Å². The Morgan fingerprint density at radius 2 is 1.76 bits per heavy atom. The summed E-state index contributed by atoms with van der Waals surface area (Å²) in [5.41, 5.74) is 2.71. The highest BCUT2D eigenvalue weighted by Crippen LogP contribution is 2.35. The van der Waals surface area contributed by atoms with Gasteiger partial charge in [-0.3, -0.25) is 19.8 Å². The minimum Gasteiger partial charge on any atom is -0.355 e. The van der Waals surface area contributed by atoms with Gasteiger partial charge in [-0.25, -0.2) is 0 Å². The van der Waals surface area contributed by atoms with Crippen molar-refractivity contribution in [3.05, 3.63) is 53.6 Å². The minimum absolute atomic E-state index is 0.243. The van der Waals surface area contributed by atoms with E-state index in [9.17, 15) is 0 Å². The molecule has 2 fully saturated rings. The van der Waals surface area contributed by atoms with Crippen LogP contribution >= 0.6 is 0 Å². The number of nitrogens with zero attached hydrogens (tertiary/aromatic N) is 8. The first-order valence-corrected chi connectivity index (χ1v) is 14.3. The zero-order valence-electron chi connectivity index (χ0n) is 23.0. The number of aryl methyl sites for hydroxylation is 1. The van der Waals surface area contributed by atoms with Crippen LogP contribution in [0.25, 0.3) is 0 Å². The van der Waals surface area contributed by atoms with E-state index in [-0.39, 0.29) is 6.04 Å². The third-order valence-electron chi connectivity index (χ3n) is 9.10. The summed E-state index contributed by atoms with van der Waals surface area (Å²) in [5, 5.41) is 0. The predicted octanol–water partition coefficient (Wildman–Crippen LogP) is 1.75. The molecular weight excluding hydrogens is 460 g/mol. The van der Waals surface area contributed by atoms with Crippen LogP contribution in [-0.4, -0.2) is 139 Å². The number of rotatable bonds is 6. The first-order chi connectivity index (χ1) is 18.1. The molecule has 2 saturated heterocycles. The van der Waals surface area contributed by atoms with Gasteiger partial charge < -0.3 is 19.6 Å². The Balaban J connectivity index is 1.24.